The molecule has 0 fully saturated rings. The highest BCUT2D eigenvalue weighted by Crippen LogP contribution is 2.41. The second-order valence-corrected chi connectivity index (χ2v) is 10.9. The molecule has 0 aromatic heterocycles. The highest BCUT2D eigenvalue weighted by molar-refractivity contribution is 6.23. The molecule has 0 aliphatic heterocycles. The van der Waals surface area contributed by atoms with Gasteiger partial charge in [-0.15, -0.1) is 0 Å². The molecular formula is C38H31NO4. The molecule has 0 atom stereocenters. The summed E-state index contributed by atoms with van der Waals surface area (Å²) in [6, 6.07) is 35.5. The molecule has 0 amide bonds. The van der Waals surface area contributed by atoms with Gasteiger partial charge in [-0.3, -0.25) is 0 Å². The van der Waals surface area contributed by atoms with Crippen molar-refractivity contribution >= 4 is 61.3 Å². The smallest absolute Gasteiger partial charge is 0.333 e. The normalized spacial score (nSPS) is 11.1. The van der Waals surface area contributed by atoms with E-state index < -0.39 is 11.9 Å². The maximum absolute atomic E-state index is 11.9. The number of hydrogen-bond acceptors (Lipinski definition) is 5. The summed E-state index contributed by atoms with van der Waals surface area (Å²) in [5.41, 5.74) is 5.40. The second-order valence-electron chi connectivity index (χ2n) is 10.9. The zero-order valence-corrected chi connectivity index (χ0v) is 24.2. The summed E-state index contributed by atoms with van der Waals surface area (Å²) < 4.78 is 10.7. The van der Waals surface area contributed by atoms with Crippen molar-refractivity contribution in [2.24, 2.45) is 0 Å². The van der Waals surface area contributed by atoms with Crippen molar-refractivity contribution in [1.82, 2.24) is 0 Å². The number of esters is 2. The van der Waals surface area contributed by atoms with E-state index in [-0.39, 0.29) is 13.2 Å². The fourth-order valence-corrected chi connectivity index (χ4v) is 5.34. The highest BCUT2D eigenvalue weighted by atomic mass is 16.5. The lowest BCUT2D eigenvalue weighted by molar-refractivity contribution is -0.141. The van der Waals surface area contributed by atoms with Crippen LogP contribution in [0.3, 0.4) is 0 Å². The van der Waals surface area contributed by atoms with E-state index in [1.807, 2.05) is 48.5 Å². The fourth-order valence-electron chi connectivity index (χ4n) is 5.34. The summed E-state index contributed by atoms with van der Waals surface area (Å²) in [6.45, 7) is 10.9. The number of hydrogen-bond donors (Lipinski definition) is 0. The molecule has 212 valence electrons. The summed E-state index contributed by atoms with van der Waals surface area (Å²) in [6.07, 6.45) is 0. The Morgan fingerprint density at radius 3 is 1.37 bits per heavy atom. The highest BCUT2D eigenvalue weighted by Gasteiger charge is 2.17. The maximum Gasteiger partial charge on any atom is 0.333 e. The van der Waals surface area contributed by atoms with Crippen molar-refractivity contribution < 1.29 is 19.1 Å². The van der Waals surface area contributed by atoms with Gasteiger partial charge in [0, 0.05) is 28.2 Å². The number of rotatable bonds is 9. The maximum atomic E-state index is 11.9. The van der Waals surface area contributed by atoms with Crippen molar-refractivity contribution in [2.75, 3.05) is 4.90 Å². The molecule has 0 heterocycles. The van der Waals surface area contributed by atoms with E-state index in [4.69, 9.17) is 9.47 Å². The molecule has 0 aliphatic rings. The minimum absolute atomic E-state index is 0.171. The molecule has 0 saturated carbocycles. The number of benzene rings is 6. The van der Waals surface area contributed by atoms with E-state index >= 15 is 0 Å². The predicted octanol–water partition coefficient (Wildman–Crippen LogP) is 9.29. The second kappa shape index (κ2) is 11.5. The van der Waals surface area contributed by atoms with Crippen LogP contribution < -0.4 is 4.90 Å². The Morgan fingerprint density at radius 2 is 0.953 bits per heavy atom. The van der Waals surface area contributed by atoms with Crippen molar-refractivity contribution in [3.05, 3.63) is 139 Å². The van der Waals surface area contributed by atoms with Crippen molar-refractivity contribution in [1.29, 1.82) is 0 Å². The number of anilines is 3. The number of carbonyl (C=O) groups is 2. The van der Waals surface area contributed by atoms with Crippen LogP contribution in [0.15, 0.2) is 127 Å². The summed E-state index contributed by atoms with van der Waals surface area (Å²) in [5.74, 6) is -0.817. The fraction of sp³-hybridized carbons (Fsp3) is 0.105. The molecule has 0 aliphatic carbocycles. The summed E-state index contributed by atoms with van der Waals surface area (Å²) >= 11 is 0. The zero-order valence-electron chi connectivity index (χ0n) is 24.2. The first kappa shape index (κ1) is 27.7. The summed E-state index contributed by atoms with van der Waals surface area (Å²) in [7, 11) is 0. The lowest BCUT2D eigenvalue weighted by Gasteiger charge is -2.27. The third-order valence-electron chi connectivity index (χ3n) is 7.53. The van der Waals surface area contributed by atoms with Crippen LogP contribution >= 0.6 is 0 Å². The van der Waals surface area contributed by atoms with E-state index in [2.05, 4.69) is 72.7 Å². The van der Waals surface area contributed by atoms with Crippen LogP contribution in [0.2, 0.25) is 0 Å². The van der Waals surface area contributed by atoms with E-state index in [9.17, 15) is 9.59 Å². The Labute approximate surface area is 250 Å². The molecule has 0 saturated heterocycles. The van der Waals surface area contributed by atoms with Crippen molar-refractivity contribution in [3.8, 4) is 0 Å². The molecule has 0 bridgehead atoms. The Kier molecular flexibility index (Phi) is 7.39. The predicted molar refractivity (Wildman–Crippen MR) is 174 cm³/mol. The Balaban J connectivity index is 1.40. The topological polar surface area (TPSA) is 55.8 Å². The van der Waals surface area contributed by atoms with Gasteiger partial charge in [-0.05, 0) is 93.7 Å². The van der Waals surface area contributed by atoms with Gasteiger partial charge in [0.25, 0.3) is 0 Å². The van der Waals surface area contributed by atoms with Gasteiger partial charge < -0.3 is 14.4 Å². The van der Waals surface area contributed by atoms with E-state index in [0.29, 0.717) is 11.1 Å². The Hall–Kier alpha value is -5.42. The van der Waals surface area contributed by atoms with E-state index in [1.165, 1.54) is 21.5 Å². The monoisotopic (exact) mass is 565 g/mol. The number of ether oxygens (including phenoxy) is 2. The van der Waals surface area contributed by atoms with Crippen LogP contribution in [0.5, 0.6) is 0 Å². The molecule has 6 aromatic carbocycles. The molecular weight excluding hydrogens is 534 g/mol. The van der Waals surface area contributed by atoms with Crippen LogP contribution in [-0.2, 0) is 32.3 Å². The molecule has 0 spiro atoms. The van der Waals surface area contributed by atoms with Gasteiger partial charge in [0.1, 0.15) is 13.2 Å². The van der Waals surface area contributed by atoms with Gasteiger partial charge in [0.05, 0.1) is 0 Å². The first-order valence-corrected chi connectivity index (χ1v) is 14.1. The van der Waals surface area contributed by atoms with Crippen LogP contribution in [0.1, 0.15) is 25.0 Å². The SMILES string of the molecule is C=C(C)C(=O)OCc1ccc(N(c2ccc(COC(=O)C(=C)C)cc2)c2cc3ccc4cccc5ccc(c2)c3c45)cc1. The summed E-state index contributed by atoms with van der Waals surface area (Å²) in [4.78, 5) is 26.0. The van der Waals surface area contributed by atoms with Crippen LogP contribution in [0.25, 0.3) is 32.3 Å². The average molecular weight is 566 g/mol. The molecule has 6 aromatic rings. The van der Waals surface area contributed by atoms with Gasteiger partial charge in [-0.2, -0.15) is 0 Å². The quantitative estimate of drug-likeness (QED) is 0.0993. The minimum Gasteiger partial charge on any atom is -0.457 e. The Bertz CT molecular complexity index is 1870. The van der Waals surface area contributed by atoms with Gasteiger partial charge in [-0.25, -0.2) is 9.59 Å². The number of nitrogens with zero attached hydrogens (tertiary/aromatic N) is 1. The summed E-state index contributed by atoms with van der Waals surface area (Å²) in [5, 5.41) is 7.31. The standard InChI is InChI=1S/C38H31NO4/c1-24(2)37(40)42-22-26-8-16-32(17-9-26)39(33-18-10-27(11-19-33)23-43-38(41)25(3)4)34-20-30-14-12-28-6-5-7-29-13-15-31(21-34)36(30)35(28)29/h5-21H,1,3,22-23H2,2,4H3. The molecule has 0 N–H and O–H groups in total. The van der Waals surface area contributed by atoms with Gasteiger partial charge in [0.2, 0.25) is 0 Å². The molecule has 5 nitrogen and oxygen atoms in total. The van der Waals surface area contributed by atoms with Crippen LogP contribution in [0, 0.1) is 0 Å². The van der Waals surface area contributed by atoms with Crippen molar-refractivity contribution in [2.45, 2.75) is 27.1 Å². The third-order valence-corrected chi connectivity index (χ3v) is 7.53. The van der Waals surface area contributed by atoms with Crippen molar-refractivity contribution in [3.63, 3.8) is 0 Å². The number of carbonyl (C=O) groups excluding carboxylic acids is 2. The molecule has 0 radical (unpaired) electrons. The van der Waals surface area contributed by atoms with E-state index in [1.54, 1.807) is 13.8 Å². The van der Waals surface area contributed by atoms with Gasteiger partial charge in [-0.1, -0.05) is 79.9 Å². The molecule has 43 heavy (non-hydrogen) atoms. The zero-order chi connectivity index (χ0) is 30.1. The molecule has 6 rings (SSSR count). The van der Waals surface area contributed by atoms with Gasteiger partial charge >= 0.3 is 11.9 Å². The van der Waals surface area contributed by atoms with Crippen LogP contribution in [0.4, 0.5) is 17.1 Å². The molecule has 5 heteroatoms. The first-order chi connectivity index (χ1) is 20.8. The minimum atomic E-state index is -0.409. The van der Waals surface area contributed by atoms with Gasteiger partial charge in [0.15, 0.2) is 0 Å². The lowest BCUT2D eigenvalue weighted by atomic mass is 9.93. The van der Waals surface area contributed by atoms with Crippen LogP contribution in [-0.4, -0.2) is 11.9 Å². The first-order valence-electron chi connectivity index (χ1n) is 14.1. The average Bonchev–Trinajstić information content (AvgIpc) is 3.02. The Morgan fingerprint density at radius 1 is 0.558 bits per heavy atom. The van der Waals surface area contributed by atoms with E-state index in [0.717, 1.165) is 39.0 Å². The third kappa shape index (κ3) is 5.57. The molecule has 0 unspecified atom stereocenters. The lowest BCUT2D eigenvalue weighted by Crippen LogP contribution is -2.11. The largest absolute Gasteiger partial charge is 0.457 e.